The number of hydrogen-bond acceptors (Lipinski definition) is 4. The van der Waals surface area contributed by atoms with Crippen LogP contribution < -0.4 is 5.32 Å². The maximum atomic E-state index is 11.8. The normalized spacial score (nSPS) is 14.6. The SMILES string of the molecule is C=C1C(=O)N=C(SCC(=O)Nc2ccc(Br)cc2)N=C1C. The number of carbonyl (C=O) groups excluding carboxylic acids is 2. The summed E-state index contributed by atoms with van der Waals surface area (Å²) in [5.74, 6) is -0.459. The van der Waals surface area contributed by atoms with E-state index in [0.717, 1.165) is 16.2 Å². The highest BCUT2D eigenvalue weighted by molar-refractivity contribution is 9.10. The van der Waals surface area contributed by atoms with E-state index in [0.29, 0.717) is 17.0 Å². The van der Waals surface area contributed by atoms with E-state index in [1.807, 2.05) is 12.1 Å². The van der Waals surface area contributed by atoms with Crippen molar-refractivity contribution in [2.24, 2.45) is 9.98 Å². The molecular formula is C14H12BrN3O2S. The van der Waals surface area contributed by atoms with Gasteiger partial charge in [-0.3, -0.25) is 9.59 Å². The van der Waals surface area contributed by atoms with Gasteiger partial charge in [0.15, 0.2) is 5.17 Å². The molecule has 2 rings (SSSR count). The fraction of sp³-hybridized carbons (Fsp3) is 0.143. The molecule has 0 aliphatic carbocycles. The Morgan fingerprint density at radius 3 is 2.62 bits per heavy atom. The van der Waals surface area contributed by atoms with Crippen molar-refractivity contribution in [2.45, 2.75) is 6.92 Å². The molecule has 0 bridgehead atoms. The molecule has 1 aromatic carbocycles. The number of nitrogens with zero attached hydrogens (tertiary/aromatic N) is 2. The molecule has 0 atom stereocenters. The molecule has 0 aromatic heterocycles. The second-order valence-electron chi connectivity index (χ2n) is 4.22. The lowest BCUT2D eigenvalue weighted by Gasteiger charge is -2.09. The van der Waals surface area contributed by atoms with Gasteiger partial charge >= 0.3 is 0 Å². The smallest absolute Gasteiger partial charge is 0.280 e. The van der Waals surface area contributed by atoms with Crippen molar-refractivity contribution in [2.75, 3.05) is 11.1 Å². The van der Waals surface area contributed by atoms with Crippen LogP contribution in [0, 0.1) is 0 Å². The van der Waals surface area contributed by atoms with Gasteiger partial charge in [-0.25, -0.2) is 4.99 Å². The second kappa shape index (κ2) is 6.82. The molecule has 1 heterocycles. The van der Waals surface area contributed by atoms with Gasteiger partial charge in [0.1, 0.15) is 0 Å². The lowest BCUT2D eigenvalue weighted by atomic mass is 10.2. The molecule has 0 unspecified atom stereocenters. The van der Waals surface area contributed by atoms with Crippen LogP contribution in [-0.4, -0.2) is 28.4 Å². The first-order valence-corrected chi connectivity index (χ1v) is 7.79. The van der Waals surface area contributed by atoms with E-state index >= 15 is 0 Å². The summed E-state index contributed by atoms with van der Waals surface area (Å²) in [5.41, 5.74) is 1.53. The lowest BCUT2D eigenvalue weighted by molar-refractivity contribution is -0.114. The van der Waals surface area contributed by atoms with Crippen LogP contribution in [0.25, 0.3) is 0 Å². The Morgan fingerprint density at radius 2 is 2.00 bits per heavy atom. The number of thioether (sulfide) groups is 1. The first kappa shape index (κ1) is 15.7. The van der Waals surface area contributed by atoms with Gasteiger partial charge in [-0.2, -0.15) is 4.99 Å². The minimum atomic E-state index is -0.404. The first-order chi connectivity index (χ1) is 9.95. The van der Waals surface area contributed by atoms with Gasteiger partial charge in [-0.1, -0.05) is 34.3 Å². The monoisotopic (exact) mass is 365 g/mol. The van der Waals surface area contributed by atoms with Gasteiger partial charge in [0.2, 0.25) is 5.91 Å². The number of rotatable bonds is 3. The van der Waals surface area contributed by atoms with Crippen molar-refractivity contribution in [3.8, 4) is 0 Å². The molecule has 1 aliphatic rings. The van der Waals surface area contributed by atoms with Gasteiger partial charge in [0.05, 0.1) is 17.0 Å². The predicted octanol–water partition coefficient (Wildman–Crippen LogP) is 3.03. The third kappa shape index (κ3) is 4.37. The average Bonchev–Trinajstić information content (AvgIpc) is 2.45. The Kier molecular flexibility index (Phi) is 5.08. The van der Waals surface area contributed by atoms with Crippen LogP contribution in [-0.2, 0) is 9.59 Å². The van der Waals surface area contributed by atoms with Crippen molar-refractivity contribution in [3.63, 3.8) is 0 Å². The molecule has 0 saturated carbocycles. The third-order valence-electron chi connectivity index (χ3n) is 2.62. The molecule has 0 radical (unpaired) electrons. The molecule has 2 amide bonds. The Morgan fingerprint density at radius 1 is 1.33 bits per heavy atom. The summed E-state index contributed by atoms with van der Waals surface area (Å²) < 4.78 is 0.940. The third-order valence-corrected chi connectivity index (χ3v) is 3.99. The zero-order valence-corrected chi connectivity index (χ0v) is 13.6. The molecule has 1 aromatic rings. The van der Waals surface area contributed by atoms with Crippen LogP contribution in [0.2, 0.25) is 0 Å². The fourth-order valence-corrected chi connectivity index (χ4v) is 2.42. The maximum absolute atomic E-state index is 11.8. The van der Waals surface area contributed by atoms with E-state index in [-0.39, 0.29) is 16.8 Å². The van der Waals surface area contributed by atoms with Crippen molar-refractivity contribution in [1.29, 1.82) is 0 Å². The lowest BCUT2D eigenvalue weighted by Crippen LogP contribution is -2.18. The van der Waals surface area contributed by atoms with Crippen molar-refractivity contribution >= 4 is 56.1 Å². The molecule has 1 N–H and O–H groups in total. The van der Waals surface area contributed by atoms with Crippen LogP contribution in [0.3, 0.4) is 0 Å². The number of carbonyl (C=O) groups is 2. The summed E-state index contributed by atoms with van der Waals surface area (Å²) in [6.07, 6.45) is 0. The average molecular weight is 366 g/mol. The molecule has 5 nitrogen and oxygen atoms in total. The fourth-order valence-electron chi connectivity index (χ4n) is 1.47. The number of amidine groups is 1. The summed E-state index contributed by atoms with van der Waals surface area (Å²) in [5, 5.41) is 3.04. The predicted molar refractivity (Wildman–Crippen MR) is 89.9 cm³/mol. The molecule has 108 valence electrons. The number of nitrogens with one attached hydrogen (secondary N) is 1. The van der Waals surface area contributed by atoms with Crippen LogP contribution >= 0.6 is 27.7 Å². The van der Waals surface area contributed by atoms with E-state index in [4.69, 9.17) is 0 Å². The Labute approximate surface area is 134 Å². The summed E-state index contributed by atoms with van der Waals surface area (Å²) in [7, 11) is 0. The largest absolute Gasteiger partial charge is 0.325 e. The Hall–Kier alpha value is -1.73. The number of hydrogen-bond donors (Lipinski definition) is 1. The molecule has 21 heavy (non-hydrogen) atoms. The van der Waals surface area contributed by atoms with E-state index < -0.39 is 5.91 Å². The molecule has 0 fully saturated rings. The van der Waals surface area contributed by atoms with Gasteiger partial charge in [-0.15, -0.1) is 0 Å². The van der Waals surface area contributed by atoms with Crippen molar-refractivity contribution in [3.05, 3.63) is 40.9 Å². The van der Waals surface area contributed by atoms with Crippen LogP contribution in [0.15, 0.2) is 50.9 Å². The van der Waals surface area contributed by atoms with Crippen LogP contribution in [0.1, 0.15) is 6.92 Å². The van der Waals surface area contributed by atoms with E-state index in [9.17, 15) is 9.59 Å². The minimum absolute atomic E-state index is 0.130. The van der Waals surface area contributed by atoms with E-state index in [1.54, 1.807) is 19.1 Å². The molecule has 0 spiro atoms. The maximum Gasteiger partial charge on any atom is 0.280 e. The molecule has 1 aliphatic heterocycles. The molecular weight excluding hydrogens is 354 g/mol. The Bertz CT molecular complexity index is 665. The van der Waals surface area contributed by atoms with E-state index in [2.05, 4.69) is 37.8 Å². The van der Waals surface area contributed by atoms with E-state index in [1.165, 1.54) is 0 Å². The Balaban J connectivity index is 1.90. The standard InChI is InChI=1S/C14H12BrN3O2S/c1-8-9(2)16-14(18-13(8)20)21-7-12(19)17-11-5-3-10(15)4-6-11/h3-6H,1,7H2,2H3,(H,17,19). The van der Waals surface area contributed by atoms with Crippen molar-refractivity contribution < 1.29 is 9.59 Å². The topological polar surface area (TPSA) is 70.9 Å². The molecule has 7 heteroatoms. The quantitative estimate of drug-likeness (QED) is 0.836. The van der Waals surface area contributed by atoms with Crippen molar-refractivity contribution in [1.82, 2.24) is 0 Å². The number of aliphatic imine (C=N–C) groups is 2. The van der Waals surface area contributed by atoms with Crippen LogP contribution in [0.4, 0.5) is 5.69 Å². The number of halogens is 1. The summed E-state index contributed by atoms with van der Waals surface area (Å²) in [6, 6.07) is 7.26. The first-order valence-electron chi connectivity index (χ1n) is 6.01. The van der Waals surface area contributed by atoms with Gasteiger partial charge < -0.3 is 5.32 Å². The second-order valence-corrected chi connectivity index (χ2v) is 6.08. The highest BCUT2D eigenvalue weighted by Gasteiger charge is 2.17. The highest BCUT2D eigenvalue weighted by Crippen LogP contribution is 2.16. The highest BCUT2D eigenvalue weighted by atomic mass is 79.9. The van der Waals surface area contributed by atoms with Gasteiger partial charge in [0, 0.05) is 10.2 Å². The van der Waals surface area contributed by atoms with Gasteiger partial charge in [0.25, 0.3) is 5.91 Å². The number of anilines is 1. The number of benzene rings is 1. The number of amides is 2. The summed E-state index contributed by atoms with van der Waals surface area (Å²) >= 11 is 4.44. The zero-order valence-electron chi connectivity index (χ0n) is 11.2. The van der Waals surface area contributed by atoms with Crippen LogP contribution in [0.5, 0.6) is 0 Å². The summed E-state index contributed by atoms with van der Waals surface area (Å²) in [6.45, 7) is 5.28. The molecule has 0 saturated heterocycles. The van der Waals surface area contributed by atoms with Gasteiger partial charge in [-0.05, 0) is 31.2 Å². The minimum Gasteiger partial charge on any atom is -0.325 e. The summed E-state index contributed by atoms with van der Waals surface area (Å²) in [4.78, 5) is 31.2. The zero-order chi connectivity index (χ0) is 15.4.